The number of hydrogen-bond donors (Lipinski definition) is 7. The molecule has 0 bridgehead atoms. The minimum absolute atomic E-state index is 0.275. The fourth-order valence-electron chi connectivity index (χ4n) is 2.35. The zero-order valence-corrected chi connectivity index (χ0v) is 24.5. The first-order valence-electron chi connectivity index (χ1n) is 10.4. The van der Waals surface area contributed by atoms with Crippen molar-refractivity contribution < 1.29 is 48.3 Å². The van der Waals surface area contributed by atoms with Crippen molar-refractivity contribution in [3.63, 3.8) is 0 Å². The van der Waals surface area contributed by atoms with E-state index in [0.29, 0.717) is 11.8 Å². The molecule has 0 aliphatic carbocycles. The third-order valence-corrected chi connectivity index (χ3v) is 8.64. The minimum Gasteiger partial charge on any atom is -0.480 e. The Morgan fingerprint density at radius 2 is 1.54 bits per heavy atom. The number of halogens is 4. The molecule has 0 spiro atoms. The van der Waals surface area contributed by atoms with E-state index in [1.165, 1.54) is 0 Å². The van der Waals surface area contributed by atoms with Gasteiger partial charge in [-0.3, -0.25) is 28.2 Å². The zero-order chi connectivity index (χ0) is 30.4. The van der Waals surface area contributed by atoms with Crippen LogP contribution in [0.15, 0.2) is 18.8 Å². The van der Waals surface area contributed by atoms with Crippen LogP contribution in [-0.4, -0.2) is 91.3 Å². The molecule has 0 saturated heterocycles. The van der Waals surface area contributed by atoms with Gasteiger partial charge >= 0.3 is 17.9 Å². The van der Waals surface area contributed by atoms with E-state index in [1.54, 1.807) is 0 Å². The summed E-state index contributed by atoms with van der Waals surface area (Å²) in [5, 5.41) is 32.9. The quantitative estimate of drug-likeness (QED) is 0.103. The molecule has 0 aliphatic heterocycles. The van der Waals surface area contributed by atoms with Crippen molar-refractivity contribution in [1.29, 1.82) is 0 Å². The third-order valence-electron chi connectivity index (χ3n) is 4.20. The van der Waals surface area contributed by atoms with Crippen LogP contribution in [0, 0.1) is 0 Å². The normalized spacial score (nSPS) is 14.5. The standard InChI is InChI=1S/C19H24Cl4N4O10S2/c1-7(28)26-10(19(35)36)6-39(37)16(23)14(13(20)15(21)22)38-5-9(17(32)25-4-12(30)31)27-11(29)3-2-8(24)18(33)34/h8-10H,2-6,24H2,1H3,(H,25,32)(H,26,28)(H,27,29)(H,30,31)(H,33,34)(H,35,36)/b16-14+/t8-,9-,10?,39?/m0/s1. The van der Waals surface area contributed by atoms with Crippen LogP contribution >= 0.6 is 58.2 Å². The number of carbonyl (C=O) groups excluding carboxylic acids is 3. The second-order valence-corrected chi connectivity index (χ2v) is 11.7. The lowest BCUT2D eigenvalue weighted by atomic mass is 10.1. The van der Waals surface area contributed by atoms with Gasteiger partial charge in [-0.2, -0.15) is 0 Å². The number of thioether (sulfide) groups is 1. The molecule has 0 heterocycles. The SMILES string of the molecule is CC(=O)NC(CS(=O)/C(Cl)=C(/SC[C@H](NC(=O)CC[C@H](N)C(=O)O)C(=O)NCC(=O)O)C(Cl)=C(Cl)Cl)C(=O)O. The van der Waals surface area contributed by atoms with Crippen LogP contribution in [0.25, 0.3) is 0 Å². The molecule has 0 aromatic rings. The Balaban J connectivity index is 6.01. The largest absolute Gasteiger partial charge is 0.480 e. The van der Waals surface area contributed by atoms with E-state index in [9.17, 15) is 38.1 Å². The molecule has 0 aromatic heterocycles. The predicted octanol–water partition coefficient (Wildman–Crippen LogP) is 0.229. The topological polar surface area (TPSA) is 242 Å². The lowest BCUT2D eigenvalue weighted by molar-refractivity contribution is -0.141. The number of allylic oxidation sites excluding steroid dienone is 1. The summed E-state index contributed by atoms with van der Waals surface area (Å²) in [4.78, 5) is 68.9. The number of carboxylic acids is 3. The number of nitrogens with one attached hydrogen (secondary N) is 3. The second kappa shape index (κ2) is 18.3. The van der Waals surface area contributed by atoms with Crippen molar-refractivity contribution in [2.24, 2.45) is 5.73 Å². The van der Waals surface area contributed by atoms with Crippen molar-refractivity contribution in [3.05, 3.63) is 18.8 Å². The highest BCUT2D eigenvalue weighted by atomic mass is 35.5. The van der Waals surface area contributed by atoms with Crippen molar-refractivity contribution in [3.8, 4) is 0 Å². The third kappa shape index (κ3) is 14.8. The minimum atomic E-state index is -2.30. The molecule has 14 nitrogen and oxygen atoms in total. The van der Waals surface area contributed by atoms with Gasteiger partial charge in [0.05, 0.1) is 26.5 Å². The summed E-state index contributed by atoms with van der Waals surface area (Å²) >= 11 is 24.3. The highest BCUT2D eigenvalue weighted by Gasteiger charge is 2.28. The molecule has 0 aromatic carbocycles. The second-order valence-electron chi connectivity index (χ2n) is 7.31. The van der Waals surface area contributed by atoms with Crippen LogP contribution in [0.3, 0.4) is 0 Å². The maximum absolute atomic E-state index is 12.8. The summed E-state index contributed by atoms with van der Waals surface area (Å²) in [6, 6.07) is -4.40. The number of rotatable bonds is 17. The predicted molar refractivity (Wildman–Crippen MR) is 146 cm³/mol. The van der Waals surface area contributed by atoms with E-state index in [4.69, 9.17) is 62.4 Å². The average molecular weight is 674 g/mol. The van der Waals surface area contributed by atoms with E-state index < -0.39 is 103 Å². The molecule has 8 N–H and O–H groups in total. The molecular formula is C19H24Cl4N4O10S2. The first kappa shape index (κ1) is 36.9. The van der Waals surface area contributed by atoms with Crippen LogP contribution < -0.4 is 21.7 Å². The Morgan fingerprint density at radius 1 is 0.949 bits per heavy atom. The molecule has 2 unspecified atom stereocenters. The summed E-state index contributed by atoms with van der Waals surface area (Å²) in [6.45, 7) is 0.241. The van der Waals surface area contributed by atoms with Gasteiger partial charge in [-0.15, -0.1) is 11.8 Å². The van der Waals surface area contributed by atoms with Gasteiger partial charge in [0, 0.05) is 19.1 Å². The number of amides is 3. The lowest BCUT2D eigenvalue weighted by Crippen LogP contribution is -2.49. The van der Waals surface area contributed by atoms with Crippen LogP contribution in [0.1, 0.15) is 19.8 Å². The molecule has 39 heavy (non-hydrogen) atoms. The van der Waals surface area contributed by atoms with Gasteiger partial charge in [0.2, 0.25) is 17.7 Å². The summed E-state index contributed by atoms with van der Waals surface area (Å²) in [5.41, 5.74) is 5.36. The molecule has 220 valence electrons. The molecule has 0 saturated carbocycles. The summed E-state index contributed by atoms with van der Waals surface area (Å²) < 4.78 is 11.7. The molecule has 0 fully saturated rings. The monoisotopic (exact) mass is 672 g/mol. The number of carbonyl (C=O) groups is 6. The summed E-state index contributed by atoms with van der Waals surface area (Å²) in [7, 11) is -2.30. The van der Waals surface area contributed by atoms with Gasteiger partial charge in [-0.05, 0) is 6.42 Å². The Morgan fingerprint density at radius 3 is 2.00 bits per heavy atom. The molecule has 0 aliphatic rings. The van der Waals surface area contributed by atoms with Crippen molar-refractivity contribution in [2.45, 2.75) is 37.9 Å². The molecule has 0 radical (unpaired) electrons. The number of aliphatic carboxylic acids is 3. The smallest absolute Gasteiger partial charge is 0.327 e. The molecule has 0 rings (SSSR count). The van der Waals surface area contributed by atoms with E-state index in [0.717, 1.165) is 6.92 Å². The Labute approximate surface area is 248 Å². The van der Waals surface area contributed by atoms with Crippen LogP contribution in [0.4, 0.5) is 0 Å². The van der Waals surface area contributed by atoms with Crippen molar-refractivity contribution >= 4 is 105 Å². The van der Waals surface area contributed by atoms with Crippen molar-refractivity contribution in [2.75, 3.05) is 18.1 Å². The van der Waals surface area contributed by atoms with Crippen LogP contribution in [0.2, 0.25) is 0 Å². The van der Waals surface area contributed by atoms with Gasteiger partial charge in [-0.1, -0.05) is 46.4 Å². The highest BCUT2D eigenvalue weighted by molar-refractivity contribution is 8.04. The number of carboxylic acid groups (broad SMARTS) is 3. The number of nitrogens with two attached hydrogens (primary N) is 1. The summed E-state index contributed by atoms with van der Waals surface area (Å²) in [5.74, 6) is -7.85. The van der Waals surface area contributed by atoms with Crippen LogP contribution in [-0.2, 0) is 39.6 Å². The molecule has 4 atom stereocenters. The van der Waals surface area contributed by atoms with E-state index in [2.05, 4.69) is 16.0 Å². The maximum atomic E-state index is 12.8. The Hall–Kier alpha value is -2.08. The van der Waals surface area contributed by atoms with E-state index in [1.807, 2.05) is 0 Å². The van der Waals surface area contributed by atoms with Gasteiger partial charge < -0.3 is 37.0 Å². The van der Waals surface area contributed by atoms with Gasteiger partial charge in [0.15, 0.2) is 0 Å². The Kier molecular flexibility index (Phi) is 17.3. The van der Waals surface area contributed by atoms with Gasteiger partial charge in [-0.25, -0.2) is 4.79 Å². The maximum Gasteiger partial charge on any atom is 0.327 e. The highest BCUT2D eigenvalue weighted by Crippen LogP contribution is 2.38. The van der Waals surface area contributed by atoms with Gasteiger partial charge in [0.25, 0.3) is 0 Å². The molecule has 3 amide bonds. The average Bonchev–Trinajstić information content (AvgIpc) is 2.83. The van der Waals surface area contributed by atoms with E-state index in [-0.39, 0.29) is 11.3 Å². The first-order chi connectivity index (χ1) is 18.0. The number of hydrogen-bond acceptors (Lipinski definition) is 9. The lowest BCUT2D eigenvalue weighted by Gasteiger charge is -2.20. The zero-order valence-electron chi connectivity index (χ0n) is 19.9. The molecule has 20 heteroatoms. The summed E-state index contributed by atoms with van der Waals surface area (Å²) in [6.07, 6.45) is -0.675. The molecular weight excluding hydrogens is 650 g/mol. The van der Waals surface area contributed by atoms with Gasteiger partial charge in [0.1, 0.15) is 33.5 Å². The Bertz CT molecular complexity index is 1070. The first-order valence-corrected chi connectivity index (χ1v) is 14.2. The van der Waals surface area contributed by atoms with Crippen LogP contribution in [0.5, 0.6) is 0 Å². The fourth-order valence-corrected chi connectivity index (χ4v) is 5.81. The fraction of sp³-hybridized carbons (Fsp3) is 0.474. The van der Waals surface area contributed by atoms with Crippen molar-refractivity contribution in [1.82, 2.24) is 16.0 Å². The van der Waals surface area contributed by atoms with E-state index >= 15 is 0 Å².